The predicted octanol–water partition coefficient (Wildman–Crippen LogP) is 3.95. The molecular weight excluding hydrogens is 487 g/mol. The number of nitrogens with one attached hydrogen (secondary N) is 1. The Bertz CT molecular complexity index is 1160. The summed E-state index contributed by atoms with van der Waals surface area (Å²) in [5.41, 5.74) is 3.77. The standard InChI is InChI=1S/C21H19IN2O3S/c1-28(26,27)24(17-10-8-16(22)9-11-17)13-20(25)23-19-12-7-15-6-5-14-3-2-4-18(19)21(14)15/h2-4,7-12H,5-6,13H2,1H3,(H,23,25). The van der Waals surface area contributed by atoms with Crippen LogP contribution < -0.4 is 9.62 Å². The van der Waals surface area contributed by atoms with Crippen LogP contribution in [0.15, 0.2) is 54.6 Å². The third kappa shape index (κ3) is 3.73. The van der Waals surface area contributed by atoms with Crippen LogP contribution in [0.25, 0.3) is 10.8 Å². The lowest BCUT2D eigenvalue weighted by atomic mass is 10.0. The highest BCUT2D eigenvalue weighted by Gasteiger charge is 2.22. The zero-order chi connectivity index (χ0) is 19.9. The fourth-order valence-corrected chi connectivity index (χ4v) is 4.90. The van der Waals surface area contributed by atoms with Gasteiger partial charge in [-0.25, -0.2) is 8.42 Å². The van der Waals surface area contributed by atoms with Crippen molar-refractivity contribution in [2.24, 2.45) is 0 Å². The van der Waals surface area contributed by atoms with Gasteiger partial charge >= 0.3 is 0 Å². The van der Waals surface area contributed by atoms with Gasteiger partial charge in [-0.15, -0.1) is 0 Å². The highest BCUT2D eigenvalue weighted by atomic mass is 127. The molecule has 0 saturated carbocycles. The molecule has 0 saturated heterocycles. The summed E-state index contributed by atoms with van der Waals surface area (Å²) in [4.78, 5) is 12.7. The van der Waals surface area contributed by atoms with Crippen LogP contribution in [0.2, 0.25) is 0 Å². The lowest BCUT2D eigenvalue weighted by Crippen LogP contribution is -2.37. The van der Waals surface area contributed by atoms with Crippen molar-refractivity contribution in [3.63, 3.8) is 0 Å². The van der Waals surface area contributed by atoms with Gasteiger partial charge in [0.2, 0.25) is 15.9 Å². The Morgan fingerprint density at radius 1 is 1.04 bits per heavy atom. The fourth-order valence-electron chi connectivity index (χ4n) is 3.68. The number of aryl methyl sites for hydroxylation is 2. The van der Waals surface area contributed by atoms with Gasteiger partial charge in [-0.3, -0.25) is 9.10 Å². The molecule has 5 nitrogen and oxygen atoms in total. The van der Waals surface area contributed by atoms with E-state index in [0.29, 0.717) is 11.4 Å². The summed E-state index contributed by atoms with van der Waals surface area (Å²) in [6.07, 6.45) is 3.13. The van der Waals surface area contributed by atoms with E-state index in [9.17, 15) is 13.2 Å². The molecule has 0 fully saturated rings. The SMILES string of the molecule is CS(=O)(=O)N(CC(=O)Nc1ccc2c3c(cccc13)CC2)c1ccc(I)cc1. The Hall–Kier alpha value is -2.13. The molecule has 3 aromatic carbocycles. The second-order valence-corrected chi connectivity index (χ2v) is 10.1. The van der Waals surface area contributed by atoms with E-state index in [1.807, 2.05) is 36.4 Å². The van der Waals surface area contributed by atoms with Crippen molar-refractivity contribution < 1.29 is 13.2 Å². The molecule has 1 aliphatic carbocycles. The largest absolute Gasteiger partial charge is 0.324 e. The van der Waals surface area contributed by atoms with Gasteiger partial charge < -0.3 is 5.32 Å². The van der Waals surface area contributed by atoms with Gasteiger partial charge in [0.1, 0.15) is 6.54 Å². The van der Waals surface area contributed by atoms with E-state index in [4.69, 9.17) is 0 Å². The molecule has 28 heavy (non-hydrogen) atoms. The maximum Gasteiger partial charge on any atom is 0.245 e. The summed E-state index contributed by atoms with van der Waals surface area (Å²) in [6.45, 7) is -0.275. The van der Waals surface area contributed by atoms with Crippen LogP contribution in [0.1, 0.15) is 11.1 Å². The second kappa shape index (κ2) is 7.36. The first-order valence-electron chi connectivity index (χ1n) is 8.89. The van der Waals surface area contributed by atoms with Gasteiger partial charge in [0.25, 0.3) is 0 Å². The van der Waals surface area contributed by atoms with Crippen molar-refractivity contribution in [1.29, 1.82) is 0 Å². The van der Waals surface area contributed by atoms with E-state index >= 15 is 0 Å². The summed E-state index contributed by atoms with van der Waals surface area (Å²) in [5.74, 6) is -0.373. The minimum absolute atomic E-state index is 0.275. The first kappa shape index (κ1) is 19.2. The second-order valence-electron chi connectivity index (χ2n) is 6.91. The smallest absolute Gasteiger partial charge is 0.245 e. The Morgan fingerprint density at radius 3 is 2.39 bits per heavy atom. The number of halogens is 1. The lowest BCUT2D eigenvalue weighted by Gasteiger charge is -2.22. The van der Waals surface area contributed by atoms with Gasteiger partial charge in [0, 0.05) is 14.6 Å². The molecule has 0 radical (unpaired) electrons. The molecule has 1 N–H and O–H groups in total. The van der Waals surface area contributed by atoms with Gasteiger partial charge in [0.15, 0.2) is 0 Å². The number of carbonyl (C=O) groups excluding carboxylic acids is 1. The number of hydrogen-bond acceptors (Lipinski definition) is 3. The molecule has 3 aromatic rings. The van der Waals surface area contributed by atoms with Crippen molar-refractivity contribution in [1.82, 2.24) is 0 Å². The molecule has 0 bridgehead atoms. The average molecular weight is 506 g/mol. The Kier molecular flexibility index (Phi) is 5.05. The van der Waals surface area contributed by atoms with Crippen LogP contribution in [-0.4, -0.2) is 27.1 Å². The van der Waals surface area contributed by atoms with E-state index in [2.05, 4.69) is 34.0 Å². The van der Waals surface area contributed by atoms with Crippen LogP contribution in [0.3, 0.4) is 0 Å². The normalized spacial score (nSPS) is 12.9. The number of nitrogens with zero attached hydrogens (tertiary/aromatic N) is 1. The maximum absolute atomic E-state index is 12.7. The third-order valence-corrected chi connectivity index (χ3v) is 6.81. The van der Waals surface area contributed by atoms with E-state index in [0.717, 1.165) is 32.4 Å². The van der Waals surface area contributed by atoms with Crippen LogP contribution in [0.5, 0.6) is 0 Å². The van der Waals surface area contributed by atoms with Crippen LogP contribution >= 0.6 is 22.6 Å². The predicted molar refractivity (Wildman–Crippen MR) is 121 cm³/mol. The molecule has 0 unspecified atom stereocenters. The number of amides is 1. The van der Waals surface area contributed by atoms with Crippen LogP contribution in [0.4, 0.5) is 11.4 Å². The first-order valence-corrected chi connectivity index (χ1v) is 11.8. The molecule has 1 aliphatic rings. The quantitative estimate of drug-likeness (QED) is 0.534. The summed E-state index contributed by atoms with van der Waals surface area (Å²) in [6, 6.07) is 17.1. The number of carbonyl (C=O) groups is 1. The summed E-state index contributed by atoms with van der Waals surface area (Å²) < 4.78 is 26.6. The Labute approximate surface area is 177 Å². The van der Waals surface area contributed by atoms with E-state index in [1.54, 1.807) is 12.1 Å². The summed E-state index contributed by atoms with van der Waals surface area (Å²) in [5, 5.41) is 5.11. The van der Waals surface area contributed by atoms with Crippen molar-refractivity contribution in [3.8, 4) is 0 Å². The van der Waals surface area contributed by atoms with Gasteiger partial charge in [0.05, 0.1) is 11.9 Å². The molecule has 0 heterocycles. The summed E-state index contributed by atoms with van der Waals surface area (Å²) >= 11 is 2.15. The molecular formula is C21H19IN2O3S. The molecule has 7 heteroatoms. The zero-order valence-corrected chi connectivity index (χ0v) is 18.2. The maximum atomic E-state index is 12.7. The molecule has 0 aliphatic heterocycles. The Balaban J connectivity index is 1.62. The van der Waals surface area contributed by atoms with E-state index in [-0.39, 0.29) is 12.5 Å². The minimum Gasteiger partial charge on any atom is -0.324 e. The van der Waals surface area contributed by atoms with Crippen molar-refractivity contribution >= 4 is 60.7 Å². The Morgan fingerprint density at radius 2 is 1.71 bits per heavy atom. The molecule has 0 aromatic heterocycles. The highest BCUT2D eigenvalue weighted by molar-refractivity contribution is 14.1. The van der Waals surface area contributed by atoms with Crippen molar-refractivity contribution in [2.75, 3.05) is 22.4 Å². The van der Waals surface area contributed by atoms with E-state index in [1.165, 1.54) is 16.5 Å². The molecule has 0 spiro atoms. The number of benzene rings is 3. The van der Waals surface area contributed by atoms with E-state index < -0.39 is 10.0 Å². The summed E-state index contributed by atoms with van der Waals surface area (Å²) in [7, 11) is -3.59. The topological polar surface area (TPSA) is 66.5 Å². The number of hydrogen-bond donors (Lipinski definition) is 1. The van der Waals surface area contributed by atoms with Gasteiger partial charge in [-0.05, 0) is 82.3 Å². The first-order chi connectivity index (χ1) is 13.3. The molecule has 0 atom stereocenters. The monoisotopic (exact) mass is 506 g/mol. The third-order valence-electron chi connectivity index (χ3n) is 4.95. The minimum atomic E-state index is -3.59. The van der Waals surface area contributed by atoms with Crippen LogP contribution in [0, 0.1) is 3.57 Å². The zero-order valence-electron chi connectivity index (χ0n) is 15.3. The number of sulfonamides is 1. The average Bonchev–Trinajstić information content (AvgIpc) is 3.07. The highest BCUT2D eigenvalue weighted by Crippen LogP contribution is 2.35. The molecule has 4 rings (SSSR count). The van der Waals surface area contributed by atoms with Crippen molar-refractivity contribution in [3.05, 3.63) is 69.3 Å². The van der Waals surface area contributed by atoms with Gasteiger partial charge in [-0.1, -0.05) is 24.3 Å². The number of rotatable bonds is 5. The van der Waals surface area contributed by atoms with Crippen molar-refractivity contribution in [2.45, 2.75) is 12.8 Å². The fraction of sp³-hybridized carbons (Fsp3) is 0.190. The van der Waals surface area contributed by atoms with Crippen LogP contribution in [-0.2, 0) is 27.7 Å². The van der Waals surface area contributed by atoms with Gasteiger partial charge in [-0.2, -0.15) is 0 Å². The molecule has 144 valence electrons. The number of anilines is 2. The molecule has 1 amide bonds. The lowest BCUT2D eigenvalue weighted by molar-refractivity contribution is -0.114.